The predicted molar refractivity (Wildman–Crippen MR) is 109 cm³/mol. The molecule has 30 heavy (non-hydrogen) atoms. The van der Waals surface area contributed by atoms with Crippen LogP contribution in [-0.2, 0) is 25.7 Å². The molecule has 1 aromatic carbocycles. The molecule has 2 aliphatic heterocycles. The molecule has 2 N–H and O–H groups in total. The van der Waals surface area contributed by atoms with Crippen LogP contribution in [0.25, 0.3) is 6.20 Å². The maximum atomic E-state index is 14.3. The second-order valence-corrected chi connectivity index (χ2v) is 8.24. The molecule has 1 amide bonds. The molecule has 1 aromatic heterocycles. The van der Waals surface area contributed by atoms with Crippen LogP contribution in [0.15, 0.2) is 40.9 Å². The summed E-state index contributed by atoms with van der Waals surface area (Å²) in [7, 11) is 0. The van der Waals surface area contributed by atoms with E-state index in [0.29, 0.717) is 17.6 Å². The van der Waals surface area contributed by atoms with Gasteiger partial charge in [0.25, 0.3) is 5.91 Å². The summed E-state index contributed by atoms with van der Waals surface area (Å²) in [5.74, 6) is -1.63. The highest BCUT2D eigenvalue weighted by atomic mass is 79.9. The van der Waals surface area contributed by atoms with Gasteiger partial charge in [-0.25, -0.2) is 14.9 Å². The SMILES string of the molecule is CC1(C)OCC(CONC(=O)C2=Cn3cncc3CN2Nc2ccc(Br)cc2F)O1. The monoisotopic (exact) mass is 481 g/mol. The van der Waals surface area contributed by atoms with Crippen LogP contribution in [0.1, 0.15) is 19.5 Å². The summed E-state index contributed by atoms with van der Waals surface area (Å²) in [6.07, 6.45) is 4.57. The average Bonchev–Trinajstić information content (AvgIpc) is 3.28. The van der Waals surface area contributed by atoms with Crippen molar-refractivity contribution >= 4 is 33.7 Å². The van der Waals surface area contributed by atoms with E-state index in [-0.39, 0.29) is 24.1 Å². The molecule has 0 bridgehead atoms. The molecule has 11 heteroatoms. The maximum absolute atomic E-state index is 14.3. The fourth-order valence-corrected chi connectivity index (χ4v) is 3.46. The largest absolute Gasteiger partial charge is 0.348 e. The van der Waals surface area contributed by atoms with Gasteiger partial charge in [0.05, 0.1) is 37.1 Å². The van der Waals surface area contributed by atoms with E-state index >= 15 is 0 Å². The molecule has 0 radical (unpaired) electrons. The smallest absolute Gasteiger partial charge is 0.294 e. The molecular formula is C19H21BrFN5O4. The van der Waals surface area contributed by atoms with Crippen LogP contribution in [0.3, 0.4) is 0 Å². The average molecular weight is 482 g/mol. The van der Waals surface area contributed by atoms with E-state index in [9.17, 15) is 9.18 Å². The van der Waals surface area contributed by atoms with Gasteiger partial charge in [0.1, 0.15) is 24.2 Å². The summed E-state index contributed by atoms with van der Waals surface area (Å²) in [4.78, 5) is 22.2. The Balaban J connectivity index is 1.44. The van der Waals surface area contributed by atoms with Crippen molar-refractivity contribution in [2.24, 2.45) is 0 Å². The number of nitrogens with zero attached hydrogens (tertiary/aromatic N) is 3. The maximum Gasteiger partial charge on any atom is 0.294 e. The van der Waals surface area contributed by atoms with E-state index < -0.39 is 17.5 Å². The van der Waals surface area contributed by atoms with E-state index in [0.717, 1.165) is 5.69 Å². The molecule has 1 unspecified atom stereocenters. The number of hydrazine groups is 1. The van der Waals surface area contributed by atoms with Crippen LogP contribution in [-0.4, -0.2) is 45.6 Å². The van der Waals surface area contributed by atoms with Crippen molar-refractivity contribution < 1.29 is 23.5 Å². The number of hydrogen-bond acceptors (Lipinski definition) is 7. The first kappa shape index (κ1) is 20.8. The third-order valence-electron chi connectivity index (χ3n) is 4.54. The molecule has 2 aliphatic rings. The zero-order valence-electron chi connectivity index (χ0n) is 16.4. The number of halogens is 2. The number of carbonyl (C=O) groups excluding carboxylic acids is 1. The Morgan fingerprint density at radius 3 is 3.03 bits per heavy atom. The number of fused-ring (bicyclic) bond motifs is 1. The molecule has 3 heterocycles. The predicted octanol–water partition coefficient (Wildman–Crippen LogP) is 2.63. The lowest BCUT2D eigenvalue weighted by Gasteiger charge is -2.31. The number of ether oxygens (including phenoxy) is 2. The van der Waals surface area contributed by atoms with E-state index in [4.69, 9.17) is 14.3 Å². The lowest BCUT2D eigenvalue weighted by atomic mass is 10.3. The molecule has 0 spiro atoms. The number of hydrogen-bond donors (Lipinski definition) is 2. The second-order valence-electron chi connectivity index (χ2n) is 7.32. The van der Waals surface area contributed by atoms with Gasteiger partial charge >= 0.3 is 0 Å². The van der Waals surface area contributed by atoms with Gasteiger partial charge in [-0.2, -0.15) is 0 Å². The number of amides is 1. The highest BCUT2D eigenvalue weighted by Crippen LogP contribution is 2.25. The van der Waals surface area contributed by atoms with Crippen molar-refractivity contribution in [3.8, 4) is 0 Å². The van der Waals surface area contributed by atoms with Crippen LogP contribution >= 0.6 is 15.9 Å². The number of benzene rings is 1. The molecule has 2 aromatic rings. The third kappa shape index (κ3) is 4.64. The van der Waals surface area contributed by atoms with Crippen molar-refractivity contribution in [2.75, 3.05) is 18.6 Å². The highest BCUT2D eigenvalue weighted by Gasteiger charge is 2.33. The molecule has 1 saturated heterocycles. The Kier molecular flexibility index (Phi) is 5.78. The summed E-state index contributed by atoms with van der Waals surface area (Å²) in [6, 6.07) is 4.63. The number of nitrogens with one attached hydrogen (secondary N) is 2. The number of aromatic nitrogens is 2. The zero-order valence-corrected chi connectivity index (χ0v) is 18.0. The van der Waals surface area contributed by atoms with Gasteiger partial charge in [-0.1, -0.05) is 15.9 Å². The standard InChI is InChI=1S/C19H21BrFN5O4/c1-19(2)28-9-14(30-19)10-29-24-18(27)17-8-25-11-22-6-13(25)7-26(17)23-16-4-3-12(20)5-15(16)21/h3-6,8,11,14,23H,7,9-10H2,1-2H3,(H,24,27). The Hall–Kier alpha value is -2.47. The molecule has 160 valence electrons. The van der Waals surface area contributed by atoms with Crippen LogP contribution in [0.5, 0.6) is 0 Å². The minimum absolute atomic E-state index is 0.132. The normalized spacial score (nSPS) is 19.9. The first-order valence-corrected chi connectivity index (χ1v) is 10.1. The second kappa shape index (κ2) is 8.34. The molecule has 1 fully saturated rings. The number of anilines is 1. The van der Waals surface area contributed by atoms with Crippen molar-refractivity contribution in [3.05, 3.63) is 52.4 Å². The van der Waals surface area contributed by atoms with Crippen LogP contribution in [0, 0.1) is 5.82 Å². The number of hydroxylamine groups is 1. The summed E-state index contributed by atoms with van der Waals surface area (Å²) >= 11 is 3.23. The summed E-state index contributed by atoms with van der Waals surface area (Å²) < 4.78 is 27.7. The highest BCUT2D eigenvalue weighted by molar-refractivity contribution is 9.10. The van der Waals surface area contributed by atoms with Crippen LogP contribution in [0.2, 0.25) is 0 Å². The van der Waals surface area contributed by atoms with Gasteiger partial charge in [0, 0.05) is 10.7 Å². The van der Waals surface area contributed by atoms with Crippen molar-refractivity contribution in [1.82, 2.24) is 20.0 Å². The lowest BCUT2D eigenvalue weighted by Crippen LogP contribution is -2.41. The molecule has 0 aliphatic carbocycles. The van der Waals surface area contributed by atoms with E-state index in [1.54, 1.807) is 35.4 Å². The van der Waals surface area contributed by atoms with Gasteiger partial charge in [0.15, 0.2) is 5.79 Å². The fourth-order valence-electron chi connectivity index (χ4n) is 3.12. The number of rotatable bonds is 6. The Labute approximate surface area is 180 Å². The van der Waals surface area contributed by atoms with Crippen LogP contribution in [0.4, 0.5) is 10.1 Å². The van der Waals surface area contributed by atoms with Gasteiger partial charge < -0.3 is 14.0 Å². The van der Waals surface area contributed by atoms with Gasteiger partial charge in [0.2, 0.25) is 0 Å². The van der Waals surface area contributed by atoms with Crippen molar-refractivity contribution in [1.29, 1.82) is 0 Å². The molecule has 9 nitrogen and oxygen atoms in total. The van der Waals surface area contributed by atoms with E-state index in [1.807, 2.05) is 13.8 Å². The zero-order chi connectivity index (χ0) is 21.3. The van der Waals surface area contributed by atoms with Crippen molar-refractivity contribution in [3.63, 3.8) is 0 Å². The topological polar surface area (TPSA) is 89.9 Å². The number of carbonyl (C=O) groups is 1. The van der Waals surface area contributed by atoms with Crippen LogP contribution < -0.4 is 10.9 Å². The first-order chi connectivity index (χ1) is 14.3. The van der Waals surface area contributed by atoms with Gasteiger partial charge in [-0.3, -0.25) is 20.1 Å². The Morgan fingerprint density at radius 2 is 2.30 bits per heavy atom. The lowest BCUT2D eigenvalue weighted by molar-refractivity contribution is -0.152. The summed E-state index contributed by atoms with van der Waals surface area (Å²) in [5, 5.41) is 1.53. The van der Waals surface area contributed by atoms with Gasteiger partial charge in [-0.05, 0) is 32.0 Å². The molecule has 0 saturated carbocycles. The number of imidazole rings is 1. The Morgan fingerprint density at radius 1 is 1.47 bits per heavy atom. The minimum Gasteiger partial charge on any atom is -0.348 e. The summed E-state index contributed by atoms with van der Waals surface area (Å²) in [5.41, 5.74) is 6.64. The quantitative estimate of drug-likeness (QED) is 0.612. The Bertz CT molecular complexity index is 980. The third-order valence-corrected chi connectivity index (χ3v) is 5.03. The minimum atomic E-state index is -0.669. The molecular weight excluding hydrogens is 461 g/mol. The molecule has 4 rings (SSSR count). The fraction of sp³-hybridized carbons (Fsp3) is 0.368. The van der Waals surface area contributed by atoms with Gasteiger partial charge in [-0.15, -0.1) is 0 Å². The summed E-state index contributed by atoms with van der Waals surface area (Å²) in [6.45, 7) is 4.43. The van der Waals surface area contributed by atoms with E-state index in [1.165, 1.54) is 11.1 Å². The van der Waals surface area contributed by atoms with E-state index in [2.05, 4.69) is 31.8 Å². The van der Waals surface area contributed by atoms with Crippen molar-refractivity contribution in [2.45, 2.75) is 32.3 Å². The molecule has 1 atom stereocenters. The first-order valence-electron chi connectivity index (χ1n) is 9.26.